The predicted molar refractivity (Wildman–Crippen MR) is 86.6 cm³/mol. The van der Waals surface area contributed by atoms with Crippen molar-refractivity contribution in [2.24, 2.45) is 0 Å². The lowest BCUT2D eigenvalue weighted by Gasteiger charge is -2.20. The largest absolute Gasteiger partial charge is 0.486 e. The van der Waals surface area contributed by atoms with Crippen LogP contribution >= 0.6 is 11.6 Å². The van der Waals surface area contributed by atoms with Crippen molar-refractivity contribution in [3.05, 3.63) is 46.7 Å². The van der Waals surface area contributed by atoms with Crippen LogP contribution in [0.5, 0.6) is 11.5 Å². The van der Waals surface area contributed by atoms with Crippen molar-refractivity contribution in [1.82, 2.24) is 0 Å². The molecule has 0 saturated heterocycles. The molecule has 0 saturated carbocycles. The second-order valence-electron chi connectivity index (χ2n) is 5.03. The Labute approximate surface area is 147 Å². The summed E-state index contributed by atoms with van der Waals surface area (Å²) in [7, 11) is -4.20. The Bertz CT molecular complexity index is 963. The zero-order valence-electron chi connectivity index (χ0n) is 12.5. The van der Waals surface area contributed by atoms with Gasteiger partial charge in [0.05, 0.1) is 21.2 Å². The van der Waals surface area contributed by atoms with E-state index in [9.17, 15) is 22.7 Å². The summed E-state index contributed by atoms with van der Waals surface area (Å²) in [4.78, 5) is 11.1. The monoisotopic (exact) mass is 387 g/mol. The molecule has 0 amide bonds. The molecular formula is C15H11ClFNO6S. The van der Waals surface area contributed by atoms with Crippen LogP contribution in [-0.2, 0) is 10.0 Å². The first-order valence-corrected chi connectivity index (χ1v) is 8.79. The number of rotatable bonds is 4. The molecule has 132 valence electrons. The summed E-state index contributed by atoms with van der Waals surface area (Å²) in [6, 6.07) is 5.24. The second-order valence-corrected chi connectivity index (χ2v) is 7.12. The predicted octanol–water partition coefficient (Wildman–Crippen LogP) is 2.75. The Morgan fingerprint density at radius 3 is 2.40 bits per heavy atom. The van der Waals surface area contributed by atoms with Gasteiger partial charge in [0.1, 0.15) is 19.0 Å². The molecule has 0 aliphatic carbocycles. The van der Waals surface area contributed by atoms with Crippen molar-refractivity contribution in [2.45, 2.75) is 4.90 Å². The normalized spacial score (nSPS) is 13.4. The van der Waals surface area contributed by atoms with Gasteiger partial charge in [-0.15, -0.1) is 0 Å². The van der Waals surface area contributed by atoms with E-state index in [1.165, 1.54) is 12.1 Å². The zero-order chi connectivity index (χ0) is 18.2. The Balaban J connectivity index is 2.03. The first-order chi connectivity index (χ1) is 11.8. The van der Waals surface area contributed by atoms with Crippen LogP contribution in [-0.4, -0.2) is 32.7 Å². The van der Waals surface area contributed by atoms with E-state index in [0.29, 0.717) is 0 Å². The lowest BCUT2D eigenvalue weighted by molar-refractivity contribution is 0.0697. The molecule has 0 atom stereocenters. The number of hydrogen-bond donors (Lipinski definition) is 2. The fraction of sp³-hybridized carbons (Fsp3) is 0.133. The summed E-state index contributed by atoms with van der Waals surface area (Å²) in [5, 5.41) is 8.94. The molecule has 0 bridgehead atoms. The summed E-state index contributed by atoms with van der Waals surface area (Å²) < 4.78 is 50.9. The average Bonchev–Trinajstić information content (AvgIpc) is 2.56. The van der Waals surface area contributed by atoms with Crippen molar-refractivity contribution in [3.8, 4) is 11.5 Å². The van der Waals surface area contributed by atoms with Crippen LogP contribution in [0, 0.1) is 5.82 Å². The van der Waals surface area contributed by atoms with Crippen molar-refractivity contribution in [3.63, 3.8) is 0 Å². The highest BCUT2D eigenvalue weighted by Gasteiger charge is 2.24. The lowest BCUT2D eigenvalue weighted by Crippen LogP contribution is -2.19. The number of benzene rings is 2. The van der Waals surface area contributed by atoms with E-state index >= 15 is 0 Å². The van der Waals surface area contributed by atoms with Crippen LogP contribution in [0.15, 0.2) is 35.2 Å². The topological polar surface area (TPSA) is 102 Å². The number of anilines is 1. The summed E-state index contributed by atoms with van der Waals surface area (Å²) in [5.74, 6) is -1.71. The molecule has 1 aliphatic rings. The van der Waals surface area contributed by atoms with Gasteiger partial charge in [-0.3, -0.25) is 4.72 Å². The van der Waals surface area contributed by atoms with Crippen LogP contribution in [0.3, 0.4) is 0 Å². The van der Waals surface area contributed by atoms with Gasteiger partial charge in [0, 0.05) is 12.1 Å². The lowest BCUT2D eigenvalue weighted by atomic mass is 10.1. The molecule has 0 radical (unpaired) electrons. The fourth-order valence-electron chi connectivity index (χ4n) is 2.20. The molecular weight excluding hydrogens is 377 g/mol. The SMILES string of the molecule is O=C(O)c1cc2c(cc1NS(=O)(=O)c1ccc(F)c(Cl)c1)OCCO2. The van der Waals surface area contributed by atoms with E-state index in [-0.39, 0.29) is 45.9 Å². The second kappa shape index (κ2) is 6.41. The smallest absolute Gasteiger partial charge is 0.337 e. The number of carboxylic acids is 1. The minimum absolute atomic E-state index is 0.205. The van der Waals surface area contributed by atoms with E-state index in [2.05, 4.69) is 4.72 Å². The van der Waals surface area contributed by atoms with Crippen molar-refractivity contribution >= 4 is 33.3 Å². The first kappa shape index (κ1) is 17.3. The molecule has 2 aromatic carbocycles. The van der Waals surface area contributed by atoms with Crippen molar-refractivity contribution in [2.75, 3.05) is 17.9 Å². The highest BCUT2D eigenvalue weighted by atomic mass is 35.5. The number of carboxylic acid groups (broad SMARTS) is 1. The van der Waals surface area contributed by atoms with Crippen LogP contribution in [0.4, 0.5) is 10.1 Å². The van der Waals surface area contributed by atoms with E-state index in [1.54, 1.807) is 0 Å². The summed E-state index contributed by atoms with van der Waals surface area (Å²) in [5.41, 5.74) is -0.529. The number of sulfonamides is 1. The molecule has 0 unspecified atom stereocenters. The zero-order valence-corrected chi connectivity index (χ0v) is 14.0. The standard InChI is InChI=1S/C15H11ClFNO6S/c16-10-5-8(1-2-11(10)17)25(21,22)18-12-7-14-13(23-3-4-24-14)6-9(12)15(19)20/h1-2,5-7,18H,3-4H2,(H,19,20). The minimum atomic E-state index is -4.20. The number of ether oxygens (including phenoxy) is 2. The third-order valence-corrected chi connectivity index (χ3v) is 5.01. The third-order valence-electron chi connectivity index (χ3n) is 3.36. The van der Waals surface area contributed by atoms with Gasteiger partial charge in [-0.2, -0.15) is 0 Å². The van der Waals surface area contributed by atoms with Gasteiger partial charge in [0.2, 0.25) is 0 Å². The molecule has 25 heavy (non-hydrogen) atoms. The Morgan fingerprint density at radius 1 is 1.16 bits per heavy atom. The molecule has 3 rings (SSSR count). The maximum absolute atomic E-state index is 13.2. The molecule has 0 aromatic heterocycles. The fourth-order valence-corrected chi connectivity index (χ4v) is 3.54. The summed E-state index contributed by atoms with van der Waals surface area (Å²) in [6.45, 7) is 0.504. The third kappa shape index (κ3) is 3.47. The van der Waals surface area contributed by atoms with Gasteiger partial charge in [0.25, 0.3) is 10.0 Å². The highest BCUT2D eigenvalue weighted by molar-refractivity contribution is 7.92. The van der Waals surface area contributed by atoms with Crippen molar-refractivity contribution < 1.29 is 32.2 Å². The van der Waals surface area contributed by atoms with Gasteiger partial charge < -0.3 is 14.6 Å². The number of nitrogens with one attached hydrogen (secondary N) is 1. The van der Waals surface area contributed by atoms with Gasteiger partial charge in [0.15, 0.2) is 11.5 Å². The van der Waals surface area contributed by atoms with Gasteiger partial charge in [-0.25, -0.2) is 17.6 Å². The first-order valence-electron chi connectivity index (χ1n) is 6.93. The number of aromatic carboxylic acids is 1. The average molecular weight is 388 g/mol. The highest BCUT2D eigenvalue weighted by Crippen LogP contribution is 2.36. The molecule has 2 aromatic rings. The maximum atomic E-state index is 13.2. The van der Waals surface area contributed by atoms with Crippen LogP contribution in [0.25, 0.3) is 0 Å². The number of hydrogen-bond acceptors (Lipinski definition) is 5. The Hall–Kier alpha value is -2.52. The Morgan fingerprint density at radius 2 is 1.80 bits per heavy atom. The van der Waals surface area contributed by atoms with Crippen molar-refractivity contribution in [1.29, 1.82) is 0 Å². The molecule has 2 N–H and O–H groups in total. The molecule has 0 spiro atoms. The summed E-state index contributed by atoms with van der Waals surface area (Å²) >= 11 is 5.60. The van der Waals surface area contributed by atoms with Crippen LogP contribution in [0.1, 0.15) is 10.4 Å². The van der Waals surface area contributed by atoms with E-state index in [0.717, 1.165) is 18.2 Å². The summed E-state index contributed by atoms with van der Waals surface area (Å²) in [6.07, 6.45) is 0. The molecule has 1 heterocycles. The van der Waals surface area contributed by atoms with E-state index < -0.39 is 21.8 Å². The van der Waals surface area contributed by atoms with Gasteiger partial charge >= 0.3 is 5.97 Å². The minimum Gasteiger partial charge on any atom is -0.486 e. The quantitative estimate of drug-likeness (QED) is 0.836. The van der Waals surface area contributed by atoms with Crippen LogP contribution < -0.4 is 14.2 Å². The Kier molecular flexibility index (Phi) is 4.44. The molecule has 1 aliphatic heterocycles. The number of halogens is 2. The van der Waals surface area contributed by atoms with Gasteiger partial charge in [-0.1, -0.05) is 11.6 Å². The maximum Gasteiger partial charge on any atom is 0.337 e. The van der Waals surface area contributed by atoms with E-state index in [1.807, 2.05) is 0 Å². The molecule has 7 nitrogen and oxygen atoms in total. The number of carbonyl (C=O) groups is 1. The molecule has 0 fully saturated rings. The number of fused-ring (bicyclic) bond motifs is 1. The van der Waals surface area contributed by atoms with Gasteiger partial charge in [-0.05, 0) is 18.2 Å². The van der Waals surface area contributed by atoms with E-state index in [4.69, 9.17) is 21.1 Å². The molecule has 10 heteroatoms. The van der Waals surface area contributed by atoms with Crippen LogP contribution in [0.2, 0.25) is 5.02 Å².